The molecule has 1 aromatic heterocycles. The van der Waals surface area contributed by atoms with Crippen LogP contribution in [0.5, 0.6) is 0 Å². The molecule has 2 aromatic rings. The monoisotopic (exact) mass is 329 g/mol. The summed E-state index contributed by atoms with van der Waals surface area (Å²) in [7, 11) is 0. The van der Waals surface area contributed by atoms with Crippen LogP contribution < -0.4 is 0 Å². The van der Waals surface area contributed by atoms with Crippen molar-refractivity contribution in [2.24, 2.45) is 0 Å². The van der Waals surface area contributed by atoms with Crippen molar-refractivity contribution in [1.82, 2.24) is 14.8 Å². The third-order valence-electron chi connectivity index (χ3n) is 4.56. The van der Waals surface area contributed by atoms with E-state index in [0.717, 1.165) is 32.7 Å². The van der Waals surface area contributed by atoms with E-state index in [0.29, 0.717) is 5.15 Å². The number of benzene rings is 1. The summed E-state index contributed by atoms with van der Waals surface area (Å²) in [6, 6.07) is 14.7. The number of halogens is 1. The predicted octanol–water partition coefficient (Wildman–Crippen LogP) is 3.83. The van der Waals surface area contributed by atoms with Gasteiger partial charge in [0.25, 0.3) is 0 Å². The number of rotatable bonds is 4. The van der Waals surface area contributed by atoms with E-state index in [1.165, 1.54) is 11.1 Å². The van der Waals surface area contributed by atoms with Crippen molar-refractivity contribution >= 4 is 11.6 Å². The molecule has 0 radical (unpaired) electrons. The second-order valence-electron chi connectivity index (χ2n) is 6.92. The molecule has 0 saturated carbocycles. The topological polar surface area (TPSA) is 19.4 Å². The Bertz CT molecular complexity index is 625. The van der Waals surface area contributed by atoms with Crippen molar-refractivity contribution < 1.29 is 0 Å². The number of hydrogen-bond acceptors (Lipinski definition) is 3. The van der Waals surface area contributed by atoms with Crippen LogP contribution in [0, 0.1) is 0 Å². The largest absolute Gasteiger partial charge is 0.296 e. The van der Waals surface area contributed by atoms with Gasteiger partial charge in [0, 0.05) is 44.5 Å². The van der Waals surface area contributed by atoms with Gasteiger partial charge in [-0.05, 0) is 31.0 Å². The molecule has 2 heterocycles. The first-order valence-corrected chi connectivity index (χ1v) is 8.52. The van der Waals surface area contributed by atoms with E-state index in [1.807, 2.05) is 12.3 Å². The number of piperazine rings is 1. The maximum atomic E-state index is 5.86. The molecule has 0 atom stereocenters. The van der Waals surface area contributed by atoms with E-state index >= 15 is 0 Å². The maximum Gasteiger partial charge on any atom is 0.129 e. The first-order chi connectivity index (χ1) is 11.0. The molecule has 23 heavy (non-hydrogen) atoms. The summed E-state index contributed by atoms with van der Waals surface area (Å²) < 4.78 is 0. The summed E-state index contributed by atoms with van der Waals surface area (Å²) in [5, 5.41) is 0.557. The molecule has 0 amide bonds. The molecule has 0 unspecified atom stereocenters. The molecule has 1 fully saturated rings. The summed E-state index contributed by atoms with van der Waals surface area (Å²) in [5.74, 6) is 0. The van der Waals surface area contributed by atoms with Crippen molar-refractivity contribution in [2.75, 3.05) is 19.6 Å². The molecule has 3 rings (SSSR count). The lowest BCUT2D eigenvalue weighted by atomic mass is 9.97. The summed E-state index contributed by atoms with van der Waals surface area (Å²) in [4.78, 5) is 9.27. The highest BCUT2D eigenvalue weighted by atomic mass is 35.5. The molecule has 1 aliphatic heterocycles. The highest BCUT2D eigenvalue weighted by molar-refractivity contribution is 6.29. The molecule has 0 bridgehead atoms. The standard InChI is InChI=1S/C19H24ClN3/c1-19(2)15-22(13-17-8-9-18(20)21-12-17)10-11-23(19)14-16-6-4-3-5-7-16/h3-9,12H,10-11,13-15H2,1-2H3. The molecule has 4 heteroatoms. The molecule has 3 nitrogen and oxygen atoms in total. The lowest BCUT2D eigenvalue weighted by molar-refractivity contribution is 0.0103. The van der Waals surface area contributed by atoms with Crippen LogP contribution in [0.2, 0.25) is 5.15 Å². The van der Waals surface area contributed by atoms with Crippen LogP contribution in [0.1, 0.15) is 25.0 Å². The highest BCUT2D eigenvalue weighted by Crippen LogP contribution is 2.24. The lowest BCUT2D eigenvalue weighted by Gasteiger charge is -2.47. The van der Waals surface area contributed by atoms with E-state index in [9.17, 15) is 0 Å². The van der Waals surface area contributed by atoms with Crippen molar-refractivity contribution in [2.45, 2.75) is 32.5 Å². The van der Waals surface area contributed by atoms with E-state index < -0.39 is 0 Å². The average molecular weight is 330 g/mol. The molecule has 0 N–H and O–H groups in total. The smallest absolute Gasteiger partial charge is 0.129 e. The van der Waals surface area contributed by atoms with Crippen molar-refractivity contribution in [1.29, 1.82) is 0 Å². The zero-order valence-corrected chi connectivity index (χ0v) is 14.6. The fraction of sp³-hybridized carbons (Fsp3) is 0.421. The van der Waals surface area contributed by atoms with Gasteiger partial charge in [0.05, 0.1) is 0 Å². The van der Waals surface area contributed by atoms with Crippen LogP contribution in [0.15, 0.2) is 48.7 Å². The average Bonchev–Trinajstić information content (AvgIpc) is 2.53. The Morgan fingerprint density at radius 3 is 2.43 bits per heavy atom. The number of hydrogen-bond donors (Lipinski definition) is 0. The first-order valence-electron chi connectivity index (χ1n) is 8.15. The van der Waals surface area contributed by atoms with E-state index in [4.69, 9.17) is 11.6 Å². The maximum absolute atomic E-state index is 5.86. The minimum absolute atomic E-state index is 0.161. The van der Waals surface area contributed by atoms with Crippen molar-refractivity contribution in [3.05, 3.63) is 64.9 Å². The van der Waals surface area contributed by atoms with Crippen LogP contribution in [0.3, 0.4) is 0 Å². The molecule has 1 aliphatic rings. The van der Waals surface area contributed by atoms with Gasteiger partial charge < -0.3 is 0 Å². The molecule has 0 aliphatic carbocycles. The SMILES string of the molecule is CC1(C)CN(Cc2ccc(Cl)nc2)CCN1Cc1ccccc1. The first kappa shape index (κ1) is 16.4. The molecule has 1 saturated heterocycles. The Balaban J connectivity index is 1.61. The number of pyridine rings is 1. The Morgan fingerprint density at radius 1 is 1.00 bits per heavy atom. The highest BCUT2D eigenvalue weighted by Gasteiger charge is 2.33. The summed E-state index contributed by atoms with van der Waals surface area (Å²) in [5.41, 5.74) is 2.77. The van der Waals surface area contributed by atoms with Crippen molar-refractivity contribution in [3.63, 3.8) is 0 Å². The van der Waals surface area contributed by atoms with Gasteiger partial charge in [-0.25, -0.2) is 4.98 Å². The van der Waals surface area contributed by atoms with Crippen LogP contribution in [0.4, 0.5) is 0 Å². The molecule has 0 spiro atoms. The fourth-order valence-corrected chi connectivity index (χ4v) is 3.39. The van der Waals surface area contributed by atoms with Gasteiger partial charge in [-0.3, -0.25) is 9.80 Å². The Labute approximate surface area is 143 Å². The van der Waals surface area contributed by atoms with Crippen LogP contribution in [0.25, 0.3) is 0 Å². The van der Waals surface area contributed by atoms with Gasteiger partial charge in [-0.1, -0.05) is 48.0 Å². The van der Waals surface area contributed by atoms with Gasteiger partial charge in [0.2, 0.25) is 0 Å². The molecule has 122 valence electrons. The third kappa shape index (κ3) is 4.31. The Morgan fingerprint density at radius 2 is 1.78 bits per heavy atom. The molecular formula is C19H24ClN3. The number of aromatic nitrogens is 1. The third-order valence-corrected chi connectivity index (χ3v) is 4.79. The molecular weight excluding hydrogens is 306 g/mol. The summed E-state index contributed by atoms with van der Waals surface area (Å²) in [6.45, 7) is 9.85. The summed E-state index contributed by atoms with van der Waals surface area (Å²) >= 11 is 5.86. The zero-order valence-electron chi connectivity index (χ0n) is 13.9. The number of nitrogens with zero attached hydrogens (tertiary/aromatic N) is 3. The second-order valence-corrected chi connectivity index (χ2v) is 7.31. The normalized spacial score (nSPS) is 18.9. The van der Waals surface area contributed by atoms with Gasteiger partial charge in [0.1, 0.15) is 5.15 Å². The van der Waals surface area contributed by atoms with Gasteiger partial charge in [-0.15, -0.1) is 0 Å². The fourth-order valence-electron chi connectivity index (χ4n) is 3.28. The van der Waals surface area contributed by atoms with Gasteiger partial charge in [0.15, 0.2) is 0 Å². The van der Waals surface area contributed by atoms with Crippen LogP contribution in [-0.2, 0) is 13.1 Å². The predicted molar refractivity (Wildman–Crippen MR) is 95.5 cm³/mol. The minimum Gasteiger partial charge on any atom is -0.296 e. The lowest BCUT2D eigenvalue weighted by Crippen LogP contribution is -2.58. The van der Waals surface area contributed by atoms with Crippen LogP contribution in [-0.4, -0.2) is 40.0 Å². The van der Waals surface area contributed by atoms with E-state index in [2.05, 4.69) is 65.0 Å². The summed E-state index contributed by atoms with van der Waals surface area (Å²) in [6.07, 6.45) is 1.88. The zero-order chi connectivity index (χ0) is 16.3. The van der Waals surface area contributed by atoms with Gasteiger partial charge in [-0.2, -0.15) is 0 Å². The quantitative estimate of drug-likeness (QED) is 0.795. The van der Waals surface area contributed by atoms with Crippen molar-refractivity contribution in [3.8, 4) is 0 Å². The van der Waals surface area contributed by atoms with Crippen LogP contribution >= 0.6 is 11.6 Å². The van der Waals surface area contributed by atoms with E-state index in [-0.39, 0.29) is 5.54 Å². The van der Waals surface area contributed by atoms with Gasteiger partial charge >= 0.3 is 0 Å². The Kier molecular flexibility index (Phi) is 5.00. The molecule has 1 aromatic carbocycles. The van der Waals surface area contributed by atoms with E-state index in [1.54, 1.807) is 0 Å². The Hall–Kier alpha value is -1.42. The minimum atomic E-state index is 0.161. The second kappa shape index (κ2) is 7.00.